The molecule has 0 heterocycles. The molecular weight excluding hydrogens is 221 g/mol. The topological polar surface area (TPSA) is 105 Å². The van der Waals surface area contributed by atoms with Crippen LogP contribution in [0.1, 0.15) is 13.8 Å². The van der Waals surface area contributed by atoms with Gasteiger partial charge in [0.15, 0.2) is 0 Å². The van der Waals surface area contributed by atoms with Gasteiger partial charge < -0.3 is 10.5 Å². The van der Waals surface area contributed by atoms with Crippen molar-refractivity contribution < 1.29 is 19.3 Å². The first-order valence-corrected chi connectivity index (χ1v) is 4.47. The van der Waals surface area contributed by atoms with Crippen molar-refractivity contribution in [2.24, 2.45) is 16.5 Å². The second-order valence-electron chi connectivity index (χ2n) is 3.95. The predicted octanol–water partition coefficient (Wildman–Crippen LogP) is 0.409. The molecule has 0 radical (unpaired) electrons. The quantitative estimate of drug-likeness (QED) is 0.311. The Bertz CT molecular complexity index is 316. The van der Waals surface area contributed by atoms with Crippen LogP contribution in [0.2, 0.25) is 0 Å². The van der Waals surface area contributed by atoms with Gasteiger partial charge in [-0.3, -0.25) is 14.9 Å². The summed E-state index contributed by atoms with van der Waals surface area (Å²) in [6.45, 7) is 2.08. The van der Waals surface area contributed by atoms with Gasteiger partial charge in [0, 0.05) is 17.4 Å². The molecule has 16 heavy (non-hydrogen) atoms. The van der Waals surface area contributed by atoms with Gasteiger partial charge in [-0.1, -0.05) is 19.0 Å². The number of nitrogens with zero attached hydrogens (tertiary/aromatic N) is 2. The highest BCUT2D eigenvalue weighted by molar-refractivity contribution is 6.00. The highest BCUT2D eigenvalue weighted by Crippen LogP contribution is 2.29. The number of nitro groups is 1. The van der Waals surface area contributed by atoms with Gasteiger partial charge >= 0.3 is 0 Å². The van der Waals surface area contributed by atoms with Gasteiger partial charge in [0.1, 0.15) is 5.92 Å². The molecule has 92 valence electrons. The number of halogens is 1. The molecule has 0 aliphatic carbocycles. The summed E-state index contributed by atoms with van der Waals surface area (Å²) >= 11 is 0. The summed E-state index contributed by atoms with van der Waals surface area (Å²) in [5, 5.41) is 23.2. The molecule has 0 aromatic carbocycles. The van der Waals surface area contributed by atoms with E-state index in [0.29, 0.717) is 0 Å². The lowest BCUT2D eigenvalue weighted by Crippen LogP contribution is -2.44. The number of amides is 1. The molecule has 8 heteroatoms. The van der Waals surface area contributed by atoms with Gasteiger partial charge in [-0.05, 0) is 0 Å². The minimum Gasteiger partial charge on any atom is -0.409 e. The highest BCUT2D eigenvalue weighted by atomic mass is 19.1. The Balaban J connectivity index is 5.17. The molecule has 0 aliphatic rings. The average Bonchev–Trinajstić information content (AvgIpc) is 2.14. The van der Waals surface area contributed by atoms with Crippen LogP contribution < -0.4 is 5.32 Å². The molecule has 0 aromatic heterocycles. The van der Waals surface area contributed by atoms with E-state index in [2.05, 4.69) is 10.5 Å². The molecule has 0 saturated heterocycles. The standard InChI is InChI=1S/C8H14FN3O4/c1-8(2,4-12(15)16)5(6(9)11-14)7(13)10-3/h5,14H,4H2,1-3H3,(H,10,13). The third-order valence-corrected chi connectivity index (χ3v) is 2.16. The van der Waals surface area contributed by atoms with E-state index in [1.165, 1.54) is 20.9 Å². The third-order valence-electron chi connectivity index (χ3n) is 2.16. The Hall–Kier alpha value is -1.73. The Morgan fingerprint density at radius 1 is 1.69 bits per heavy atom. The summed E-state index contributed by atoms with van der Waals surface area (Å²) in [4.78, 5) is 21.1. The first-order valence-electron chi connectivity index (χ1n) is 4.47. The molecule has 1 unspecified atom stereocenters. The first-order chi connectivity index (χ1) is 7.26. The van der Waals surface area contributed by atoms with Gasteiger partial charge in [0.05, 0.1) is 0 Å². The van der Waals surface area contributed by atoms with Crippen molar-refractivity contribution in [1.29, 1.82) is 0 Å². The predicted molar refractivity (Wildman–Crippen MR) is 53.5 cm³/mol. The van der Waals surface area contributed by atoms with Crippen LogP contribution in [0.15, 0.2) is 5.16 Å². The van der Waals surface area contributed by atoms with E-state index in [9.17, 15) is 19.3 Å². The fourth-order valence-corrected chi connectivity index (χ4v) is 1.41. The van der Waals surface area contributed by atoms with Crippen LogP contribution in [0.4, 0.5) is 4.39 Å². The molecule has 1 amide bonds. The second-order valence-corrected chi connectivity index (χ2v) is 3.95. The fourth-order valence-electron chi connectivity index (χ4n) is 1.41. The van der Waals surface area contributed by atoms with Crippen molar-refractivity contribution in [2.45, 2.75) is 13.8 Å². The smallest absolute Gasteiger partial charge is 0.239 e. The van der Waals surface area contributed by atoms with Gasteiger partial charge in [0.2, 0.25) is 18.4 Å². The fraction of sp³-hybridized carbons (Fsp3) is 0.750. The maximum Gasteiger partial charge on any atom is 0.239 e. The molecule has 0 fully saturated rings. The zero-order chi connectivity index (χ0) is 12.9. The van der Waals surface area contributed by atoms with Crippen LogP contribution in [0, 0.1) is 21.4 Å². The largest absolute Gasteiger partial charge is 0.409 e. The Kier molecular flexibility index (Phi) is 4.80. The van der Waals surface area contributed by atoms with Crippen LogP contribution in [-0.4, -0.2) is 35.6 Å². The van der Waals surface area contributed by atoms with Crippen LogP contribution in [0.5, 0.6) is 0 Å². The molecule has 0 rings (SSSR count). The lowest BCUT2D eigenvalue weighted by Gasteiger charge is -2.26. The van der Waals surface area contributed by atoms with Crippen molar-refractivity contribution in [3.63, 3.8) is 0 Å². The monoisotopic (exact) mass is 235 g/mol. The first kappa shape index (κ1) is 14.3. The number of rotatable bonds is 5. The van der Waals surface area contributed by atoms with Gasteiger partial charge in [-0.15, -0.1) is 0 Å². The molecule has 0 aliphatic heterocycles. The summed E-state index contributed by atoms with van der Waals surface area (Å²) in [6.07, 6.45) is 0. The van der Waals surface area contributed by atoms with Crippen molar-refractivity contribution in [2.75, 3.05) is 13.6 Å². The highest BCUT2D eigenvalue weighted by Gasteiger charge is 2.43. The number of oxime groups is 1. The zero-order valence-electron chi connectivity index (χ0n) is 9.23. The number of carbonyl (C=O) groups is 1. The van der Waals surface area contributed by atoms with Crippen LogP contribution in [-0.2, 0) is 4.79 Å². The van der Waals surface area contributed by atoms with Crippen LogP contribution >= 0.6 is 0 Å². The van der Waals surface area contributed by atoms with Crippen molar-refractivity contribution in [3.05, 3.63) is 10.1 Å². The maximum atomic E-state index is 13.2. The Morgan fingerprint density at radius 3 is 2.50 bits per heavy atom. The molecule has 0 bridgehead atoms. The van der Waals surface area contributed by atoms with Gasteiger partial charge in [-0.2, -0.15) is 4.39 Å². The normalized spacial score (nSPS) is 14.4. The summed E-state index contributed by atoms with van der Waals surface area (Å²) in [7, 11) is 1.27. The molecule has 0 saturated carbocycles. The minimum absolute atomic E-state index is 0.617. The average molecular weight is 235 g/mol. The number of carbonyl (C=O) groups excluding carboxylic acids is 1. The van der Waals surface area contributed by atoms with E-state index in [1.54, 1.807) is 0 Å². The maximum absolute atomic E-state index is 13.2. The molecule has 0 spiro atoms. The van der Waals surface area contributed by atoms with Gasteiger partial charge in [-0.25, -0.2) is 0 Å². The Labute approximate surface area is 91.5 Å². The SMILES string of the molecule is CNC(=O)C(C(F)=NO)C(C)(C)C[N+](=O)[O-]. The molecule has 1 atom stereocenters. The zero-order valence-corrected chi connectivity index (χ0v) is 9.23. The van der Waals surface area contributed by atoms with Crippen LogP contribution in [0.3, 0.4) is 0 Å². The molecular formula is C8H14FN3O4. The van der Waals surface area contributed by atoms with E-state index < -0.39 is 34.7 Å². The van der Waals surface area contributed by atoms with E-state index in [0.717, 1.165) is 0 Å². The van der Waals surface area contributed by atoms with E-state index >= 15 is 0 Å². The lowest BCUT2D eigenvalue weighted by atomic mass is 9.78. The van der Waals surface area contributed by atoms with Crippen molar-refractivity contribution in [3.8, 4) is 0 Å². The summed E-state index contributed by atoms with van der Waals surface area (Å²) < 4.78 is 13.2. The third kappa shape index (κ3) is 3.44. The summed E-state index contributed by atoms with van der Waals surface area (Å²) in [5.41, 5.74) is -1.29. The van der Waals surface area contributed by atoms with Gasteiger partial charge in [0.25, 0.3) is 0 Å². The Morgan fingerprint density at radius 2 is 2.19 bits per heavy atom. The summed E-state index contributed by atoms with van der Waals surface area (Å²) in [6, 6.07) is 0. The van der Waals surface area contributed by atoms with E-state index in [4.69, 9.17) is 5.21 Å². The lowest BCUT2D eigenvalue weighted by molar-refractivity contribution is -0.496. The molecule has 0 aromatic rings. The van der Waals surface area contributed by atoms with Crippen molar-refractivity contribution >= 4 is 11.9 Å². The van der Waals surface area contributed by atoms with E-state index in [-0.39, 0.29) is 0 Å². The summed E-state index contributed by atoms with van der Waals surface area (Å²) in [5.74, 6) is -3.61. The number of hydrogen-bond acceptors (Lipinski definition) is 5. The number of nitrogens with one attached hydrogen (secondary N) is 1. The van der Waals surface area contributed by atoms with E-state index in [1.807, 2.05) is 0 Å². The minimum atomic E-state index is -1.49. The van der Waals surface area contributed by atoms with Crippen molar-refractivity contribution in [1.82, 2.24) is 5.32 Å². The van der Waals surface area contributed by atoms with Crippen LogP contribution in [0.25, 0.3) is 0 Å². The molecule has 7 nitrogen and oxygen atoms in total. The second kappa shape index (κ2) is 5.38. The number of hydrogen-bond donors (Lipinski definition) is 2. The molecule has 2 N–H and O–H groups in total.